The largest absolute Gasteiger partial charge is 0.463 e. The summed E-state index contributed by atoms with van der Waals surface area (Å²) in [7, 11) is 1.52. The van der Waals surface area contributed by atoms with Crippen LogP contribution in [0.5, 0.6) is 0 Å². The molecule has 0 bridgehead atoms. The number of carbonyl (C=O) groups excluding carboxylic acids is 5. The average Bonchev–Trinajstić information content (AvgIpc) is 3.40. The van der Waals surface area contributed by atoms with Crippen LogP contribution in [0.4, 0.5) is 0 Å². The minimum absolute atomic E-state index is 0.193. The molecular formula is C23H26N2O10S2. The van der Waals surface area contributed by atoms with Crippen molar-refractivity contribution in [2.75, 3.05) is 13.7 Å². The van der Waals surface area contributed by atoms with Gasteiger partial charge in [0.2, 0.25) is 0 Å². The molecule has 200 valence electrons. The summed E-state index contributed by atoms with van der Waals surface area (Å²) in [6.07, 6.45) is -3.28. The van der Waals surface area contributed by atoms with Crippen LogP contribution in [0.3, 0.4) is 0 Å². The molecule has 37 heavy (non-hydrogen) atoms. The van der Waals surface area contributed by atoms with Gasteiger partial charge in [-0.2, -0.15) is 0 Å². The number of amides is 1. The summed E-state index contributed by atoms with van der Waals surface area (Å²) < 4.78 is 27.4. The molecule has 3 heterocycles. The van der Waals surface area contributed by atoms with Crippen molar-refractivity contribution < 1.29 is 47.7 Å². The number of likely N-dealkylation sites (N-methyl/N-ethyl adjacent to an activating group) is 1. The van der Waals surface area contributed by atoms with Crippen molar-refractivity contribution in [1.82, 2.24) is 4.90 Å². The van der Waals surface area contributed by atoms with E-state index in [0.29, 0.717) is 0 Å². The lowest BCUT2D eigenvalue weighted by Gasteiger charge is -2.44. The molecule has 12 nitrogen and oxygen atoms in total. The fourth-order valence-corrected chi connectivity index (χ4v) is 5.37. The summed E-state index contributed by atoms with van der Waals surface area (Å²) in [4.78, 5) is 66.6. The maximum Gasteiger partial charge on any atom is 0.303 e. The van der Waals surface area contributed by atoms with Gasteiger partial charge in [0.15, 0.2) is 28.9 Å². The lowest BCUT2D eigenvalue weighted by Crippen LogP contribution is -2.61. The van der Waals surface area contributed by atoms with Crippen LogP contribution in [0.2, 0.25) is 0 Å². The molecule has 1 aromatic heterocycles. The van der Waals surface area contributed by atoms with E-state index >= 15 is 0 Å². The first kappa shape index (κ1) is 28.3. The second-order valence-corrected chi connectivity index (χ2v) is 10.0. The van der Waals surface area contributed by atoms with E-state index in [-0.39, 0.29) is 23.4 Å². The molecule has 2 aliphatic heterocycles. The maximum atomic E-state index is 12.8. The van der Waals surface area contributed by atoms with Crippen LogP contribution in [0, 0.1) is 0 Å². The molecule has 1 amide bonds. The number of esters is 4. The smallest absolute Gasteiger partial charge is 0.303 e. The zero-order valence-corrected chi connectivity index (χ0v) is 22.3. The van der Waals surface area contributed by atoms with Crippen LogP contribution in [0.1, 0.15) is 32.6 Å². The van der Waals surface area contributed by atoms with Gasteiger partial charge in [-0.1, -0.05) is 17.8 Å². The van der Waals surface area contributed by atoms with E-state index in [9.17, 15) is 24.0 Å². The molecule has 1 aromatic rings. The van der Waals surface area contributed by atoms with E-state index in [1.54, 1.807) is 6.08 Å². The number of rotatable bonds is 7. The van der Waals surface area contributed by atoms with Crippen molar-refractivity contribution in [2.45, 2.75) is 57.5 Å². The molecule has 5 atom stereocenters. The number of hydrogen-bond acceptors (Lipinski definition) is 13. The van der Waals surface area contributed by atoms with Gasteiger partial charge in [0, 0.05) is 39.6 Å². The van der Waals surface area contributed by atoms with Crippen molar-refractivity contribution in [3.05, 3.63) is 28.1 Å². The van der Waals surface area contributed by atoms with Crippen LogP contribution in [-0.4, -0.2) is 83.4 Å². The Morgan fingerprint density at radius 1 is 1.03 bits per heavy atom. The van der Waals surface area contributed by atoms with Crippen molar-refractivity contribution in [3.8, 4) is 0 Å². The van der Waals surface area contributed by atoms with Crippen LogP contribution < -0.4 is 0 Å². The number of thioether (sulfide) groups is 1. The highest BCUT2D eigenvalue weighted by atomic mass is 32.2. The Morgan fingerprint density at radius 3 is 2.22 bits per heavy atom. The van der Waals surface area contributed by atoms with Gasteiger partial charge in [-0.15, -0.1) is 11.3 Å². The Kier molecular flexibility index (Phi) is 9.45. The Morgan fingerprint density at radius 2 is 1.65 bits per heavy atom. The van der Waals surface area contributed by atoms with Gasteiger partial charge in [-0.25, -0.2) is 4.99 Å². The molecule has 0 N–H and O–H groups in total. The second-order valence-electron chi connectivity index (χ2n) is 7.99. The van der Waals surface area contributed by atoms with Gasteiger partial charge in [0.05, 0.1) is 0 Å². The second kappa shape index (κ2) is 12.3. The first-order chi connectivity index (χ1) is 17.5. The summed E-state index contributed by atoms with van der Waals surface area (Å²) in [5, 5.41) is 2.10. The van der Waals surface area contributed by atoms with Gasteiger partial charge in [0.1, 0.15) is 18.4 Å². The lowest BCUT2D eigenvalue weighted by molar-refractivity contribution is -0.237. The third-order valence-electron chi connectivity index (χ3n) is 5.02. The first-order valence-corrected chi connectivity index (χ1v) is 12.8. The van der Waals surface area contributed by atoms with Gasteiger partial charge in [0.25, 0.3) is 5.91 Å². The van der Waals surface area contributed by atoms with Crippen molar-refractivity contribution in [3.63, 3.8) is 0 Å². The van der Waals surface area contributed by atoms with Crippen LogP contribution in [0.15, 0.2) is 28.2 Å². The molecule has 1 fully saturated rings. The molecule has 0 aliphatic carbocycles. The topological polar surface area (TPSA) is 147 Å². The highest BCUT2D eigenvalue weighted by molar-refractivity contribution is 8.14. The number of thiophene rings is 1. The first-order valence-electron chi connectivity index (χ1n) is 11.0. The number of hydrogen-bond donors (Lipinski definition) is 0. The monoisotopic (exact) mass is 554 g/mol. The van der Waals surface area contributed by atoms with E-state index in [1.807, 2.05) is 17.5 Å². The van der Waals surface area contributed by atoms with E-state index < -0.39 is 53.7 Å². The summed E-state index contributed by atoms with van der Waals surface area (Å²) in [6.45, 7) is 4.28. The van der Waals surface area contributed by atoms with Gasteiger partial charge in [-0.3, -0.25) is 28.9 Å². The molecule has 0 aromatic carbocycles. The average molecular weight is 555 g/mol. The van der Waals surface area contributed by atoms with Crippen molar-refractivity contribution in [2.24, 2.45) is 4.99 Å². The van der Waals surface area contributed by atoms with E-state index in [2.05, 4.69) is 4.99 Å². The number of amidine groups is 1. The van der Waals surface area contributed by atoms with Crippen LogP contribution in [0.25, 0.3) is 6.08 Å². The summed E-state index contributed by atoms with van der Waals surface area (Å²) >= 11 is 2.38. The number of ether oxygens (including phenoxy) is 5. The standard InChI is InChI=1S/C23H26N2O10S2/c1-11(26)31-10-17-18(32-12(2)27)19(33-13(3)28)20(34-14(4)29)22(35-17)37-23-24-16(21(30)25(23)5)9-15-7-6-8-36-15/h6-9,17-20,22H,10H2,1-5H3/b16-9-/t17-,18-,19+,20-,22+/m1/s1. The van der Waals surface area contributed by atoms with Gasteiger partial charge in [-0.05, 0) is 17.5 Å². The van der Waals surface area contributed by atoms with Crippen LogP contribution >= 0.6 is 23.1 Å². The quantitative estimate of drug-likeness (QED) is 0.276. The number of aliphatic imine (C=N–C) groups is 1. The maximum absolute atomic E-state index is 12.8. The molecule has 14 heteroatoms. The summed E-state index contributed by atoms with van der Waals surface area (Å²) in [5.74, 6) is -3.15. The molecule has 2 aliphatic rings. The molecule has 3 rings (SSSR count). The SMILES string of the molecule is CC(=O)OC[C@H]1O[C@@H](SC2=N/C(=C\c3cccs3)C(=O)N2C)[C@H](OC(C)=O)[C@@H](OC(C)=O)[C@@H]1OC(C)=O. The Labute approximate surface area is 220 Å². The van der Waals surface area contributed by atoms with Gasteiger partial charge >= 0.3 is 23.9 Å². The Balaban J connectivity index is 1.98. The summed E-state index contributed by atoms with van der Waals surface area (Å²) in [6, 6.07) is 3.68. The highest BCUT2D eigenvalue weighted by Gasteiger charge is 2.53. The fourth-order valence-electron chi connectivity index (χ4n) is 3.58. The van der Waals surface area contributed by atoms with E-state index in [0.717, 1.165) is 37.4 Å². The highest BCUT2D eigenvalue weighted by Crippen LogP contribution is 2.37. The number of carbonyl (C=O) groups is 5. The molecule has 0 unspecified atom stereocenters. The molecular weight excluding hydrogens is 528 g/mol. The zero-order valence-electron chi connectivity index (χ0n) is 20.7. The summed E-state index contributed by atoms with van der Waals surface area (Å²) in [5.41, 5.74) is -0.895. The zero-order chi connectivity index (χ0) is 27.3. The fraction of sp³-hybridized carbons (Fsp3) is 0.478. The molecule has 0 radical (unpaired) electrons. The molecule has 0 spiro atoms. The minimum atomic E-state index is -1.30. The van der Waals surface area contributed by atoms with Crippen molar-refractivity contribution in [1.29, 1.82) is 0 Å². The minimum Gasteiger partial charge on any atom is -0.463 e. The van der Waals surface area contributed by atoms with Crippen molar-refractivity contribution >= 4 is 64.1 Å². The Bertz CT molecular complexity index is 1120. The predicted molar refractivity (Wildman–Crippen MR) is 132 cm³/mol. The molecule has 1 saturated heterocycles. The predicted octanol–water partition coefficient (Wildman–Crippen LogP) is 1.73. The van der Waals surface area contributed by atoms with E-state index in [4.69, 9.17) is 23.7 Å². The third kappa shape index (κ3) is 7.40. The lowest BCUT2D eigenvalue weighted by atomic mass is 9.99. The Hall–Kier alpha value is -3.23. The number of nitrogens with zero attached hydrogens (tertiary/aromatic N) is 2. The van der Waals surface area contributed by atoms with Crippen LogP contribution in [-0.2, 0) is 47.7 Å². The third-order valence-corrected chi connectivity index (χ3v) is 7.03. The normalized spacial score (nSPS) is 26.5. The van der Waals surface area contributed by atoms with Gasteiger partial charge < -0.3 is 23.7 Å². The molecule has 0 saturated carbocycles. The van der Waals surface area contributed by atoms with E-state index in [1.165, 1.54) is 30.2 Å².